The van der Waals surface area contributed by atoms with Gasteiger partial charge in [0.25, 0.3) is 0 Å². The maximum absolute atomic E-state index is 10.3. The van der Waals surface area contributed by atoms with E-state index < -0.39 is 5.97 Å². The van der Waals surface area contributed by atoms with Crippen molar-refractivity contribution in [1.82, 2.24) is 5.32 Å². The van der Waals surface area contributed by atoms with Crippen molar-refractivity contribution in [3.63, 3.8) is 0 Å². The molecule has 4 heteroatoms. The molecule has 0 amide bonds. The van der Waals surface area contributed by atoms with Crippen LogP contribution in [0.4, 0.5) is 0 Å². The minimum Gasteiger partial charge on any atom is -0.481 e. The summed E-state index contributed by atoms with van der Waals surface area (Å²) in [6.45, 7) is 0.723. The fourth-order valence-electron chi connectivity index (χ4n) is 2.06. The maximum atomic E-state index is 10.3. The molecule has 1 aliphatic carbocycles. The Balaban J connectivity index is 2.22. The third-order valence-corrected chi connectivity index (χ3v) is 2.89. The fraction of sp³-hybridized carbons (Fsp3) is 0.900. The first-order chi connectivity index (χ1) is 6.74. The topological polar surface area (TPSA) is 69.6 Å². The van der Waals surface area contributed by atoms with Crippen LogP contribution < -0.4 is 5.32 Å². The molecule has 3 N–H and O–H groups in total. The average molecular weight is 201 g/mol. The molecule has 14 heavy (non-hydrogen) atoms. The lowest BCUT2D eigenvalue weighted by Crippen LogP contribution is -2.41. The molecule has 2 unspecified atom stereocenters. The van der Waals surface area contributed by atoms with Gasteiger partial charge in [-0.05, 0) is 18.8 Å². The molecule has 1 fully saturated rings. The second-order valence-corrected chi connectivity index (χ2v) is 3.93. The summed E-state index contributed by atoms with van der Waals surface area (Å²) < 4.78 is 0. The highest BCUT2D eigenvalue weighted by Crippen LogP contribution is 2.23. The van der Waals surface area contributed by atoms with Crippen LogP contribution in [0.25, 0.3) is 0 Å². The number of aliphatic carboxylic acids is 1. The Morgan fingerprint density at radius 2 is 2.07 bits per heavy atom. The number of carboxylic acids is 1. The van der Waals surface area contributed by atoms with Gasteiger partial charge in [-0.2, -0.15) is 0 Å². The number of rotatable bonds is 5. The molecule has 1 aliphatic rings. The van der Waals surface area contributed by atoms with Crippen LogP contribution >= 0.6 is 0 Å². The quantitative estimate of drug-likeness (QED) is 0.609. The highest BCUT2D eigenvalue weighted by atomic mass is 16.4. The van der Waals surface area contributed by atoms with Gasteiger partial charge in [0.05, 0.1) is 6.42 Å². The summed E-state index contributed by atoms with van der Waals surface area (Å²) in [5, 5.41) is 20.8. The molecule has 0 bridgehead atoms. The van der Waals surface area contributed by atoms with Crippen molar-refractivity contribution in [2.45, 2.75) is 38.1 Å². The molecule has 0 aromatic carbocycles. The lowest BCUT2D eigenvalue weighted by molar-refractivity contribution is -0.136. The zero-order chi connectivity index (χ0) is 10.4. The molecule has 0 heterocycles. The van der Waals surface area contributed by atoms with E-state index in [0.717, 1.165) is 12.8 Å². The van der Waals surface area contributed by atoms with E-state index in [2.05, 4.69) is 5.32 Å². The van der Waals surface area contributed by atoms with E-state index in [-0.39, 0.29) is 13.0 Å². The monoisotopic (exact) mass is 201 g/mol. The number of carboxylic acid groups (broad SMARTS) is 1. The van der Waals surface area contributed by atoms with Crippen molar-refractivity contribution in [3.8, 4) is 0 Å². The molecule has 1 saturated carbocycles. The summed E-state index contributed by atoms with van der Waals surface area (Å²) in [5.41, 5.74) is 0. The molecule has 4 nitrogen and oxygen atoms in total. The van der Waals surface area contributed by atoms with Crippen LogP contribution in [0, 0.1) is 5.92 Å². The Labute approximate surface area is 84.3 Å². The molecule has 0 aromatic heterocycles. The number of nitrogens with one attached hydrogen (secondary N) is 1. The van der Waals surface area contributed by atoms with Gasteiger partial charge >= 0.3 is 5.97 Å². The SMILES string of the molecule is O=C(O)CCNC1CCCCC1CO. The van der Waals surface area contributed by atoms with Gasteiger partial charge in [0.2, 0.25) is 0 Å². The molecular weight excluding hydrogens is 182 g/mol. The average Bonchev–Trinajstić information content (AvgIpc) is 2.18. The van der Waals surface area contributed by atoms with Crippen LogP contribution in [0.15, 0.2) is 0 Å². The van der Waals surface area contributed by atoms with E-state index in [1.807, 2.05) is 0 Å². The Morgan fingerprint density at radius 1 is 1.36 bits per heavy atom. The second-order valence-electron chi connectivity index (χ2n) is 3.93. The Morgan fingerprint density at radius 3 is 2.71 bits per heavy atom. The van der Waals surface area contributed by atoms with Crippen molar-refractivity contribution >= 4 is 5.97 Å². The minimum atomic E-state index is -0.770. The Bertz CT molecular complexity index is 184. The van der Waals surface area contributed by atoms with Crippen LogP contribution in [0.3, 0.4) is 0 Å². The van der Waals surface area contributed by atoms with E-state index in [0.29, 0.717) is 18.5 Å². The summed E-state index contributed by atoms with van der Waals surface area (Å²) >= 11 is 0. The third-order valence-electron chi connectivity index (χ3n) is 2.89. The van der Waals surface area contributed by atoms with Gasteiger partial charge in [-0.1, -0.05) is 12.8 Å². The van der Waals surface area contributed by atoms with Gasteiger partial charge in [0, 0.05) is 19.2 Å². The van der Waals surface area contributed by atoms with Gasteiger partial charge in [0.1, 0.15) is 0 Å². The van der Waals surface area contributed by atoms with E-state index >= 15 is 0 Å². The Kier molecular flexibility index (Phi) is 4.90. The highest BCUT2D eigenvalue weighted by Gasteiger charge is 2.23. The minimum absolute atomic E-state index is 0.161. The predicted molar refractivity (Wildman–Crippen MR) is 53.1 cm³/mol. The largest absolute Gasteiger partial charge is 0.481 e. The van der Waals surface area contributed by atoms with E-state index in [1.54, 1.807) is 0 Å². The highest BCUT2D eigenvalue weighted by molar-refractivity contribution is 5.66. The van der Waals surface area contributed by atoms with Gasteiger partial charge in [-0.25, -0.2) is 0 Å². The van der Waals surface area contributed by atoms with E-state index in [1.165, 1.54) is 12.8 Å². The van der Waals surface area contributed by atoms with E-state index in [9.17, 15) is 4.79 Å². The van der Waals surface area contributed by atoms with Crippen molar-refractivity contribution < 1.29 is 15.0 Å². The summed E-state index contributed by atoms with van der Waals surface area (Å²) in [6.07, 6.45) is 4.64. The normalized spacial score (nSPS) is 27.5. The maximum Gasteiger partial charge on any atom is 0.304 e. The molecule has 0 aliphatic heterocycles. The first kappa shape index (κ1) is 11.5. The number of aliphatic hydroxyl groups is 1. The summed E-state index contributed by atoms with van der Waals surface area (Å²) in [5.74, 6) is -0.452. The number of aliphatic hydroxyl groups excluding tert-OH is 1. The molecule has 1 rings (SSSR count). The van der Waals surface area contributed by atoms with Gasteiger partial charge < -0.3 is 15.5 Å². The van der Waals surface area contributed by atoms with Crippen LogP contribution in [-0.2, 0) is 4.79 Å². The molecular formula is C10H19NO3. The zero-order valence-corrected chi connectivity index (χ0v) is 8.41. The number of carbonyl (C=O) groups is 1. The van der Waals surface area contributed by atoms with Crippen LogP contribution in [-0.4, -0.2) is 35.4 Å². The zero-order valence-electron chi connectivity index (χ0n) is 8.41. The molecule has 2 atom stereocenters. The lowest BCUT2D eigenvalue weighted by atomic mass is 9.85. The smallest absolute Gasteiger partial charge is 0.304 e. The van der Waals surface area contributed by atoms with Crippen LogP contribution in [0.2, 0.25) is 0 Å². The molecule has 82 valence electrons. The summed E-state index contributed by atoms with van der Waals surface area (Å²) in [4.78, 5) is 10.3. The van der Waals surface area contributed by atoms with Crippen molar-refractivity contribution in [2.24, 2.45) is 5.92 Å². The summed E-state index contributed by atoms with van der Waals surface area (Å²) in [6, 6.07) is 0.313. The standard InChI is InChI=1S/C10H19NO3/c12-7-8-3-1-2-4-9(8)11-6-5-10(13)14/h8-9,11-12H,1-7H2,(H,13,14). The first-order valence-electron chi connectivity index (χ1n) is 5.30. The number of hydrogen-bond acceptors (Lipinski definition) is 3. The van der Waals surface area contributed by atoms with Gasteiger partial charge in [-0.3, -0.25) is 4.79 Å². The van der Waals surface area contributed by atoms with Crippen molar-refractivity contribution in [2.75, 3.05) is 13.2 Å². The molecule has 0 radical (unpaired) electrons. The van der Waals surface area contributed by atoms with Gasteiger partial charge in [0.15, 0.2) is 0 Å². The van der Waals surface area contributed by atoms with Crippen LogP contribution in [0.5, 0.6) is 0 Å². The van der Waals surface area contributed by atoms with Crippen molar-refractivity contribution in [1.29, 1.82) is 0 Å². The predicted octanol–water partition coefficient (Wildman–Crippen LogP) is 0.602. The second kappa shape index (κ2) is 5.98. The summed E-state index contributed by atoms with van der Waals surface area (Å²) in [7, 11) is 0. The number of hydrogen-bond donors (Lipinski definition) is 3. The Hall–Kier alpha value is -0.610. The fourth-order valence-corrected chi connectivity index (χ4v) is 2.06. The van der Waals surface area contributed by atoms with Crippen LogP contribution in [0.1, 0.15) is 32.1 Å². The first-order valence-corrected chi connectivity index (χ1v) is 5.30. The molecule has 0 spiro atoms. The molecule has 0 saturated heterocycles. The van der Waals surface area contributed by atoms with Crippen molar-refractivity contribution in [3.05, 3.63) is 0 Å². The lowest BCUT2D eigenvalue weighted by Gasteiger charge is -2.30. The van der Waals surface area contributed by atoms with Gasteiger partial charge in [-0.15, -0.1) is 0 Å². The molecule has 0 aromatic rings. The third kappa shape index (κ3) is 3.64. The van der Waals surface area contributed by atoms with E-state index in [4.69, 9.17) is 10.2 Å².